The van der Waals surface area contributed by atoms with Gasteiger partial charge in [0.05, 0.1) is 18.3 Å². The highest BCUT2D eigenvalue weighted by Gasteiger charge is 2.31. The van der Waals surface area contributed by atoms with Gasteiger partial charge in [-0.3, -0.25) is 4.98 Å². The number of para-hydroxylation sites is 1. The summed E-state index contributed by atoms with van der Waals surface area (Å²) in [5.41, 5.74) is 7.16. The molecule has 0 saturated carbocycles. The lowest BCUT2D eigenvalue weighted by Gasteiger charge is -2.20. The molecule has 1 aliphatic rings. The van der Waals surface area contributed by atoms with Crippen LogP contribution in [0.15, 0.2) is 42.6 Å². The van der Waals surface area contributed by atoms with Crippen molar-refractivity contribution in [3.8, 4) is 11.5 Å². The van der Waals surface area contributed by atoms with E-state index in [9.17, 15) is 13.2 Å². The monoisotopic (exact) mass is 326 g/mol. The minimum absolute atomic E-state index is 0.0555. The van der Waals surface area contributed by atoms with E-state index < -0.39 is 6.36 Å². The zero-order valence-corrected chi connectivity index (χ0v) is 12.5. The van der Waals surface area contributed by atoms with Gasteiger partial charge in [-0.05, 0) is 30.7 Å². The Bertz CT molecular complexity index is 647. The molecule has 0 fully saturated rings. The minimum atomic E-state index is -4.61. The first-order chi connectivity index (χ1) is 10.9. The maximum Gasteiger partial charge on any atom is 0.573 e. The van der Waals surface area contributed by atoms with Gasteiger partial charge in [-0.15, -0.1) is 13.2 Å². The van der Waals surface area contributed by atoms with Crippen LogP contribution in [0.4, 0.5) is 13.2 Å². The number of benzene rings is 1. The summed E-state index contributed by atoms with van der Waals surface area (Å²) in [6.07, 6.45) is -2.00. The number of halogens is 3. The molecule has 1 unspecified atom stereocenters. The third-order valence-electron chi connectivity index (χ3n) is 3.16. The second-order valence-electron chi connectivity index (χ2n) is 4.94. The normalized spacial score (nSPS) is 16.5. The van der Waals surface area contributed by atoms with Gasteiger partial charge in [-0.25, -0.2) is 0 Å². The molecule has 3 rings (SSSR count). The molecule has 0 bridgehead atoms. The van der Waals surface area contributed by atoms with Crippen LogP contribution in [0.2, 0.25) is 0 Å². The third kappa shape index (κ3) is 5.14. The number of ether oxygens (including phenoxy) is 2. The van der Waals surface area contributed by atoms with E-state index in [1.807, 2.05) is 12.1 Å². The molecular formula is C16H17F3N2O2. The number of fused-ring (bicyclic) bond motifs is 1. The molecule has 2 N–H and O–H groups in total. The number of hydrogen-bond donors (Lipinski definition) is 1. The van der Waals surface area contributed by atoms with Gasteiger partial charge in [-0.1, -0.05) is 18.2 Å². The lowest BCUT2D eigenvalue weighted by atomic mass is 10.1. The summed E-state index contributed by atoms with van der Waals surface area (Å²) < 4.78 is 44.2. The molecule has 7 heteroatoms. The molecule has 0 spiro atoms. The summed E-state index contributed by atoms with van der Waals surface area (Å²) in [5.74, 6) is 0.691. The van der Waals surface area contributed by atoms with Gasteiger partial charge < -0.3 is 15.2 Å². The fourth-order valence-corrected chi connectivity index (χ4v) is 2.03. The summed E-state index contributed by atoms with van der Waals surface area (Å²) in [6.45, 7) is 2.26. The third-order valence-corrected chi connectivity index (χ3v) is 3.16. The SMILES string of the molecule is Cc1ccccc1OC(F)(F)F.NC1CCOc2cccnc21. The molecule has 4 nitrogen and oxygen atoms in total. The average Bonchev–Trinajstić information content (AvgIpc) is 2.50. The van der Waals surface area contributed by atoms with E-state index in [0.29, 0.717) is 12.2 Å². The van der Waals surface area contributed by atoms with Crippen molar-refractivity contribution in [2.24, 2.45) is 5.73 Å². The number of pyridine rings is 1. The summed E-state index contributed by atoms with van der Waals surface area (Å²) in [7, 11) is 0. The van der Waals surface area contributed by atoms with Gasteiger partial charge in [0.2, 0.25) is 0 Å². The van der Waals surface area contributed by atoms with Gasteiger partial charge in [0, 0.05) is 12.6 Å². The number of aromatic nitrogens is 1. The molecule has 1 aromatic carbocycles. The Morgan fingerprint density at radius 3 is 2.61 bits per heavy atom. The zero-order valence-electron chi connectivity index (χ0n) is 12.5. The fraction of sp³-hybridized carbons (Fsp3) is 0.312. The van der Waals surface area contributed by atoms with E-state index in [1.54, 1.807) is 25.3 Å². The van der Waals surface area contributed by atoms with Crippen molar-refractivity contribution >= 4 is 0 Å². The minimum Gasteiger partial charge on any atom is -0.492 e. The summed E-state index contributed by atoms with van der Waals surface area (Å²) in [6, 6.07) is 9.80. The maximum atomic E-state index is 11.7. The van der Waals surface area contributed by atoms with E-state index in [2.05, 4.69) is 9.72 Å². The van der Waals surface area contributed by atoms with E-state index in [-0.39, 0.29) is 11.8 Å². The lowest BCUT2D eigenvalue weighted by molar-refractivity contribution is -0.274. The smallest absolute Gasteiger partial charge is 0.492 e. The van der Waals surface area contributed by atoms with Crippen LogP contribution >= 0.6 is 0 Å². The first-order valence-corrected chi connectivity index (χ1v) is 7.01. The van der Waals surface area contributed by atoms with Gasteiger partial charge in [0.25, 0.3) is 0 Å². The largest absolute Gasteiger partial charge is 0.573 e. The Labute approximate surface area is 132 Å². The van der Waals surface area contributed by atoms with Crippen LogP contribution < -0.4 is 15.2 Å². The number of aryl methyl sites for hydroxylation is 1. The van der Waals surface area contributed by atoms with Crippen LogP contribution in [-0.4, -0.2) is 18.0 Å². The van der Waals surface area contributed by atoms with Crippen LogP contribution in [-0.2, 0) is 0 Å². The number of hydrogen-bond acceptors (Lipinski definition) is 4. The van der Waals surface area contributed by atoms with Crippen LogP contribution in [0.5, 0.6) is 11.5 Å². The standard InChI is InChI=1S/C8H7F3O.C8H10N2O/c1-6-4-2-3-5-7(6)12-8(9,10)11;9-6-3-5-11-7-2-1-4-10-8(6)7/h2-5H,1H3;1-2,4,6H,3,5,9H2. The number of nitrogens with zero attached hydrogens (tertiary/aromatic N) is 1. The summed E-state index contributed by atoms with van der Waals surface area (Å²) >= 11 is 0. The highest BCUT2D eigenvalue weighted by atomic mass is 19.4. The molecule has 1 aromatic heterocycles. The Hall–Kier alpha value is -2.28. The Kier molecular flexibility index (Phi) is 5.44. The second kappa shape index (κ2) is 7.32. The average molecular weight is 326 g/mol. The fourth-order valence-electron chi connectivity index (χ4n) is 2.03. The molecule has 2 heterocycles. The van der Waals surface area contributed by atoms with E-state index in [0.717, 1.165) is 17.9 Å². The molecule has 0 saturated heterocycles. The van der Waals surface area contributed by atoms with Crippen molar-refractivity contribution < 1.29 is 22.6 Å². The van der Waals surface area contributed by atoms with Crippen molar-refractivity contribution in [1.82, 2.24) is 4.98 Å². The van der Waals surface area contributed by atoms with Crippen molar-refractivity contribution in [2.75, 3.05) is 6.61 Å². The molecule has 0 radical (unpaired) electrons. The highest BCUT2D eigenvalue weighted by Crippen LogP contribution is 2.27. The van der Waals surface area contributed by atoms with Crippen molar-refractivity contribution in [3.63, 3.8) is 0 Å². The molecule has 124 valence electrons. The number of nitrogens with two attached hydrogens (primary N) is 1. The van der Waals surface area contributed by atoms with E-state index in [1.165, 1.54) is 12.1 Å². The van der Waals surface area contributed by atoms with Crippen molar-refractivity contribution in [1.29, 1.82) is 0 Å². The molecule has 2 aromatic rings. The van der Waals surface area contributed by atoms with Crippen LogP contribution in [0, 0.1) is 6.92 Å². The Morgan fingerprint density at radius 1 is 1.22 bits per heavy atom. The van der Waals surface area contributed by atoms with Crippen molar-refractivity contribution in [2.45, 2.75) is 25.7 Å². The van der Waals surface area contributed by atoms with E-state index in [4.69, 9.17) is 10.5 Å². The summed E-state index contributed by atoms with van der Waals surface area (Å²) in [4.78, 5) is 4.15. The predicted molar refractivity (Wildman–Crippen MR) is 79.1 cm³/mol. The predicted octanol–water partition coefficient (Wildman–Crippen LogP) is 3.76. The summed E-state index contributed by atoms with van der Waals surface area (Å²) in [5, 5.41) is 0. The molecule has 0 amide bonds. The lowest BCUT2D eigenvalue weighted by Crippen LogP contribution is -2.21. The van der Waals surface area contributed by atoms with Crippen LogP contribution in [0.25, 0.3) is 0 Å². The van der Waals surface area contributed by atoms with Crippen LogP contribution in [0.1, 0.15) is 23.7 Å². The van der Waals surface area contributed by atoms with E-state index >= 15 is 0 Å². The number of rotatable bonds is 1. The highest BCUT2D eigenvalue weighted by molar-refractivity contribution is 5.32. The second-order valence-corrected chi connectivity index (χ2v) is 4.94. The molecular weight excluding hydrogens is 309 g/mol. The molecule has 0 aliphatic carbocycles. The molecule has 1 aliphatic heterocycles. The zero-order chi connectivity index (χ0) is 16.9. The van der Waals surface area contributed by atoms with Gasteiger partial charge in [-0.2, -0.15) is 0 Å². The van der Waals surface area contributed by atoms with Gasteiger partial charge >= 0.3 is 6.36 Å². The number of alkyl halides is 3. The van der Waals surface area contributed by atoms with Crippen LogP contribution in [0.3, 0.4) is 0 Å². The van der Waals surface area contributed by atoms with Gasteiger partial charge in [0.15, 0.2) is 0 Å². The molecule has 23 heavy (non-hydrogen) atoms. The van der Waals surface area contributed by atoms with Crippen molar-refractivity contribution in [3.05, 3.63) is 53.9 Å². The Morgan fingerprint density at radius 2 is 1.96 bits per heavy atom. The maximum absolute atomic E-state index is 11.7. The Balaban J connectivity index is 0.000000167. The quantitative estimate of drug-likeness (QED) is 0.867. The molecule has 1 atom stereocenters. The topological polar surface area (TPSA) is 57.4 Å². The first kappa shape index (κ1) is 17.1. The first-order valence-electron chi connectivity index (χ1n) is 7.01. The van der Waals surface area contributed by atoms with Gasteiger partial charge in [0.1, 0.15) is 11.5 Å².